The van der Waals surface area contributed by atoms with E-state index in [-0.39, 0.29) is 0 Å². The van der Waals surface area contributed by atoms with E-state index < -0.39 is 23.3 Å². The molecule has 0 spiro atoms. The SMILES string of the molecule is O=C1c2ccccc2C(=O)N1C1(C(=O)O)CCCCC1. The van der Waals surface area contributed by atoms with Crippen molar-refractivity contribution in [3.05, 3.63) is 35.4 Å². The van der Waals surface area contributed by atoms with Crippen LogP contribution in [0.1, 0.15) is 52.8 Å². The van der Waals surface area contributed by atoms with Gasteiger partial charge in [0.05, 0.1) is 11.1 Å². The lowest BCUT2D eigenvalue weighted by Gasteiger charge is -2.39. The molecule has 0 radical (unpaired) electrons. The van der Waals surface area contributed by atoms with Crippen LogP contribution in [0, 0.1) is 0 Å². The van der Waals surface area contributed by atoms with E-state index in [1.807, 2.05) is 0 Å². The summed E-state index contributed by atoms with van der Waals surface area (Å²) in [6.45, 7) is 0. The predicted molar refractivity (Wildman–Crippen MR) is 70.4 cm³/mol. The molecule has 1 heterocycles. The second kappa shape index (κ2) is 4.44. The third-order valence-electron chi connectivity index (χ3n) is 4.30. The summed E-state index contributed by atoms with van der Waals surface area (Å²) in [5.41, 5.74) is -0.752. The number of amides is 2. The normalized spacial score (nSPS) is 20.9. The highest BCUT2D eigenvalue weighted by molar-refractivity contribution is 6.23. The zero-order valence-electron chi connectivity index (χ0n) is 11.0. The lowest BCUT2D eigenvalue weighted by atomic mass is 9.80. The van der Waals surface area contributed by atoms with E-state index in [0.717, 1.165) is 24.2 Å². The standard InChI is InChI=1S/C15H15NO4/c17-12-10-6-2-3-7-11(10)13(18)16(12)15(14(19)20)8-4-1-5-9-15/h2-3,6-7H,1,4-5,8-9H2,(H,19,20). The molecule has 0 saturated heterocycles. The highest BCUT2D eigenvalue weighted by Crippen LogP contribution is 2.39. The monoisotopic (exact) mass is 273 g/mol. The number of aliphatic carboxylic acids is 1. The Bertz CT molecular complexity index is 567. The number of rotatable bonds is 2. The van der Waals surface area contributed by atoms with Gasteiger partial charge in [-0.3, -0.25) is 14.5 Å². The first kappa shape index (κ1) is 12.8. The molecule has 5 heteroatoms. The summed E-state index contributed by atoms with van der Waals surface area (Å²) in [5.74, 6) is -2.03. The molecule has 0 unspecified atom stereocenters. The van der Waals surface area contributed by atoms with Gasteiger partial charge in [0.25, 0.3) is 11.8 Å². The molecule has 0 aromatic heterocycles. The minimum Gasteiger partial charge on any atom is -0.479 e. The number of benzene rings is 1. The summed E-state index contributed by atoms with van der Waals surface area (Å²) in [6, 6.07) is 6.52. The molecule has 0 atom stereocenters. The predicted octanol–water partition coefficient (Wildman–Crippen LogP) is 2.07. The Labute approximate surface area is 116 Å². The van der Waals surface area contributed by atoms with Gasteiger partial charge in [-0.1, -0.05) is 31.4 Å². The van der Waals surface area contributed by atoms with Crippen LogP contribution in [0.3, 0.4) is 0 Å². The second-order valence-electron chi connectivity index (χ2n) is 5.39. The smallest absolute Gasteiger partial charge is 0.330 e. The highest BCUT2D eigenvalue weighted by Gasteiger charge is 2.53. The second-order valence-corrected chi connectivity index (χ2v) is 5.39. The van der Waals surface area contributed by atoms with Crippen LogP contribution in [-0.4, -0.2) is 33.3 Å². The number of hydrogen-bond acceptors (Lipinski definition) is 3. The topological polar surface area (TPSA) is 74.7 Å². The number of fused-ring (bicyclic) bond motifs is 1. The Morgan fingerprint density at radius 3 is 1.95 bits per heavy atom. The lowest BCUT2D eigenvalue weighted by Crippen LogP contribution is -2.58. The van der Waals surface area contributed by atoms with Crippen LogP contribution in [0.5, 0.6) is 0 Å². The van der Waals surface area contributed by atoms with Crippen molar-refractivity contribution in [3.8, 4) is 0 Å². The molecule has 0 bridgehead atoms. The van der Waals surface area contributed by atoms with Gasteiger partial charge in [-0.05, 0) is 25.0 Å². The minimum absolute atomic E-state index is 0.309. The summed E-state index contributed by atoms with van der Waals surface area (Å²) >= 11 is 0. The molecule has 1 saturated carbocycles. The number of hydrogen-bond donors (Lipinski definition) is 1. The molecule has 1 N–H and O–H groups in total. The minimum atomic E-state index is -1.37. The van der Waals surface area contributed by atoms with Crippen LogP contribution in [0.15, 0.2) is 24.3 Å². The first-order valence-corrected chi connectivity index (χ1v) is 6.79. The number of carboxylic acid groups (broad SMARTS) is 1. The quantitative estimate of drug-likeness (QED) is 0.837. The van der Waals surface area contributed by atoms with Crippen molar-refractivity contribution in [2.75, 3.05) is 0 Å². The Hall–Kier alpha value is -2.17. The van der Waals surface area contributed by atoms with Crippen LogP contribution in [0.4, 0.5) is 0 Å². The summed E-state index contributed by atoms with van der Waals surface area (Å²) in [4.78, 5) is 37.7. The third-order valence-corrected chi connectivity index (χ3v) is 4.30. The molecule has 5 nitrogen and oxygen atoms in total. The van der Waals surface area contributed by atoms with E-state index in [4.69, 9.17) is 0 Å². The maximum absolute atomic E-state index is 12.5. The molecule has 20 heavy (non-hydrogen) atoms. The molecule has 1 aliphatic heterocycles. The molecule has 2 aliphatic rings. The van der Waals surface area contributed by atoms with Crippen molar-refractivity contribution in [1.82, 2.24) is 4.90 Å². The van der Waals surface area contributed by atoms with Gasteiger partial charge in [0.2, 0.25) is 0 Å². The fourth-order valence-corrected chi connectivity index (χ4v) is 3.25. The van der Waals surface area contributed by atoms with Gasteiger partial charge in [0.15, 0.2) is 0 Å². The lowest BCUT2D eigenvalue weighted by molar-refractivity contribution is -0.150. The summed E-state index contributed by atoms with van der Waals surface area (Å²) in [7, 11) is 0. The first-order valence-electron chi connectivity index (χ1n) is 6.79. The highest BCUT2D eigenvalue weighted by atomic mass is 16.4. The van der Waals surface area contributed by atoms with E-state index in [1.54, 1.807) is 24.3 Å². The number of carbonyl (C=O) groups is 3. The van der Waals surface area contributed by atoms with Crippen LogP contribution in [0.2, 0.25) is 0 Å². The van der Waals surface area contributed by atoms with Crippen LogP contribution < -0.4 is 0 Å². The van der Waals surface area contributed by atoms with E-state index in [9.17, 15) is 19.5 Å². The Balaban J connectivity index is 2.08. The molecule has 1 aromatic rings. The maximum Gasteiger partial charge on any atom is 0.330 e. The van der Waals surface area contributed by atoms with Gasteiger partial charge in [0, 0.05) is 0 Å². The van der Waals surface area contributed by atoms with E-state index in [1.165, 1.54) is 0 Å². The summed E-state index contributed by atoms with van der Waals surface area (Å²) in [6.07, 6.45) is 3.07. The van der Waals surface area contributed by atoms with Crippen molar-refractivity contribution in [3.63, 3.8) is 0 Å². The molecular weight excluding hydrogens is 258 g/mol. The van der Waals surface area contributed by atoms with Crippen molar-refractivity contribution < 1.29 is 19.5 Å². The average molecular weight is 273 g/mol. The van der Waals surface area contributed by atoms with Crippen molar-refractivity contribution in [2.45, 2.75) is 37.6 Å². The van der Waals surface area contributed by atoms with Crippen LogP contribution in [-0.2, 0) is 4.79 Å². The fourth-order valence-electron chi connectivity index (χ4n) is 3.25. The van der Waals surface area contributed by atoms with E-state index in [0.29, 0.717) is 24.0 Å². The van der Waals surface area contributed by atoms with Gasteiger partial charge in [-0.15, -0.1) is 0 Å². The van der Waals surface area contributed by atoms with Gasteiger partial charge in [-0.2, -0.15) is 0 Å². The fraction of sp³-hybridized carbons (Fsp3) is 0.400. The van der Waals surface area contributed by atoms with E-state index in [2.05, 4.69) is 0 Å². The van der Waals surface area contributed by atoms with Crippen LogP contribution >= 0.6 is 0 Å². The Morgan fingerprint density at radius 2 is 1.50 bits per heavy atom. The average Bonchev–Trinajstić information content (AvgIpc) is 2.72. The first-order chi connectivity index (χ1) is 9.58. The van der Waals surface area contributed by atoms with E-state index >= 15 is 0 Å². The largest absolute Gasteiger partial charge is 0.479 e. The van der Waals surface area contributed by atoms with Crippen molar-refractivity contribution in [1.29, 1.82) is 0 Å². The Morgan fingerprint density at radius 1 is 1.00 bits per heavy atom. The summed E-state index contributed by atoms with van der Waals surface area (Å²) in [5, 5.41) is 9.62. The molecule has 3 rings (SSSR count). The van der Waals surface area contributed by atoms with Crippen LogP contribution in [0.25, 0.3) is 0 Å². The molecule has 2 amide bonds. The number of carbonyl (C=O) groups excluding carboxylic acids is 2. The van der Waals surface area contributed by atoms with Gasteiger partial charge in [0.1, 0.15) is 5.54 Å². The van der Waals surface area contributed by atoms with Gasteiger partial charge in [-0.25, -0.2) is 4.79 Å². The van der Waals surface area contributed by atoms with Gasteiger partial charge < -0.3 is 5.11 Å². The molecule has 1 aliphatic carbocycles. The number of nitrogens with zero attached hydrogens (tertiary/aromatic N) is 1. The van der Waals surface area contributed by atoms with Gasteiger partial charge >= 0.3 is 5.97 Å². The van der Waals surface area contributed by atoms with Crippen molar-refractivity contribution in [2.24, 2.45) is 0 Å². The number of carboxylic acids is 1. The number of imide groups is 1. The molecule has 1 aromatic carbocycles. The molecule has 104 valence electrons. The Kier molecular flexibility index (Phi) is 2.85. The maximum atomic E-state index is 12.5. The summed E-state index contributed by atoms with van der Waals surface area (Å²) < 4.78 is 0. The zero-order chi connectivity index (χ0) is 14.3. The molecule has 1 fully saturated rings. The van der Waals surface area contributed by atoms with Crippen molar-refractivity contribution >= 4 is 17.8 Å². The zero-order valence-corrected chi connectivity index (χ0v) is 11.0. The molecular formula is C15H15NO4. The third kappa shape index (κ3) is 1.59.